The third kappa shape index (κ3) is 2.39. The fourth-order valence-electron chi connectivity index (χ4n) is 1.83. The van der Waals surface area contributed by atoms with Crippen molar-refractivity contribution in [2.24, 2.45) is 7.05 Å². The van der Waals surface area contributed by atoms with E-state index in [9.17, 15) is 4.79 Å². The molecule has 19 heavy (non-hydrogen) atoms. The van der Waals surface area contributed by atoms with Crippen LogP contribution >= 0.6 is 11.8 Å². The van der Waals surface area contributed by atoms with E-state index in [1.165, 1.54) is 0 Å². The molecular formula is C13H12N4OS. The third-order valence-corrected chi connectivity index (χ3v) is 3.85. The number of H-pyrrole nitrogens is 1. The first-order valence-electron chi connectivity index (χ1n) is 5.82. The lowest BCUT2D eigenvalue weighted by Crippen LogP contribution is -2.11. The molecule has 0 spiro atoms. The maximum atomic E-state index is 11.9. The van der Waals surface area contributed by atoms with Gasteiger partial charge in [-0.05, 0) is 12.1 Å². The highest BCUT2D eigenvalue weighted by Gasteiger charge is 2.05. The number of para-hydroxylation sites is 1. The summed E-state index contributed by atoms with van der Waals surface area (Å²) in [4.78, 5) is 23.4. The van der Waals surface area contributed by atoms with E-state index in [4.69, 9.17) is 0 Å². The molecule has 0 aliphatic heterocycles. The van der Waals surface area contributed by atoms with Gasteiger partial charge in [-0.1, -0.05) is 23.9 Å². The number of benzene rings is 1. The Morgan fingerprint density at radius 3 is 3.00 bits per heavy atom. The van der Waals surface area contributed by atoms with Gasteiger partial charge in [0.05, 0.1) is 16.7 Å². The highest BCUT2D eigenvalue weighted by molar-refractivity contribution is 7.98. The van der Waals surface area contributed by atoms with E-state index in [2.05, 4.69) is 15.0 Å². The van der Waals surface area contributed by atoms with Crippen molar-refractivity contribution in [1.29, 1.82) is 0 Å². The van der Waals surface area contributed by atoms with Crippen LogP contribution in [0.15, 0.2) is 46.6 Å². The van der Waals surface area contributed by atoms with Crippen LogP contribution < -0.4 is 5.56 Å². The summed E-state index contributed by atoms with van der Waals surface area (Å²) < 4.78 is 1.93. The van der Waals surface area contributed by atoms with Gasteiger partial charge in [-0.2, -0.15) is 0 Å². The number of rotatable bonds is 3. The number of aromatic amines is 1. The summed E-state index contributed by atoms with van der Waals surface area (Å²) in [7, 11) is 1.94. The first-order chi connectivity index (χ1) is 9.24. The van der Waals surface area contributed by atoms with Gasteiger partial charge in [0, 0.05) is 19.4 Å². The Hall–Kier alpha value is -2.08. The van der Waals surface area contributed by atoms with Crippen molar-refractivity contribution in [3.05, 3.63) is 52.8 Å². The Balaban J connectivity index is 1.90. The highest BCUT2D eigenvalue weighted by Crippen LogP contribution is 2.18. The van der Waals surface area contributed by atoms with E-state index in [0.717, 1.165) is 10.7 Å². The molecule has 3 rings (SSSR count). The van der Waals surface area contributed by atoms with Gasteiger partial charge in [-0.3, -0.25) is 4.79 Å². The molecule has 0 aliphatic rings. The number of aryl methyl sites for hydroxylation is 1. The van der Waals surface area contributed by atoms with Crippen LogP contribution in [0.1, 0.15) is 5.82 Å². The second kappa shape index (κ2) is 4.89. The van der Waals surface area contributed by atoms with Crippen LogP contribution in [-0.2, 0) is 12.8 Å². The zero-order chi connectivity index (χ0) is 13.2. The van der Waals surface area contributed by atoms with Crippen molar-refractivity contribution >= 4 is 22.7 Å². The summed E-state index contributed by atoms with van der Waals surface area (Å²) in [5.74, 6) is 1.25. The molecule has 0 radical (unpaired) electrons. The van der Waals surface area contributed by atoms with Gasteiger partial charge in [-0.15, -0.1) is 0 Å². The van der Waals surface area contributed by atoms with Gasteiger partial charge in [0.2, 0.25) is 0 Å². The molecule has 2 aromatic heterocycles. The molecule has 6 heteroatoms. The molecule has 0 saturated heterocycles. The Bertz CT molecular complexity index is 777. The van der Waals surface area contributed by atoms with Crippen LogP contribution in [0.4, 0.5) is 0 Å². The zero-order valence-electron chi connectivity index (χ0n) is 10.3. The van der Waals surface area contributed by atoms with Gasteiger partial charge < -0.3 is 9.55 Å². The average Bonchev–Trinajstić information content (AvgIpc) is 2.82. The minimum atomic E-state index is -0.0963. The van der Waals surface area contributed by atoms with E-state index in [1.807, 2.05) is 36.0 Å². The SMILES string of the molecule is Cn1ccnc1SCc1nc2ccccc2c(=O)[nH]1. The van der Waals surface area contributed by atoms with E-state index in [1.54, 1.807) is 24.0 Å². The molecule has 2 heterocycles. The van der Waals surface area contributed by atoms with Crippen LogP contribution in [0.3, 0.4) is 0 Å². The van der Waals surface area contributed by atoms with Crippen LogP contribution in [0.25, 0.3) is 10.9 Å². The molecule has 96 valence electrons. The lowest BCUT2D eigenvalue weighted by molar-refractivity contribution is 0.789. The molecule has 0 bridgehead atoms. The maximum absolute atomic E-state index is 11.9. The van der Waals surface area contributed by atoms with Crippen LogP contribution in [0, 0.1) is 0 Å². The van der Waals surface area contributed by atoms with Gasteiger partial charge in [0.15, 0.2) is 5.16 Å². The summed E-state index contributed by atoms with van der Waals surface area (Å²) in [6.07, 6.45) is 3.64. The van der Waals surface area contributed by atoms with Crippen molar-refractivity contribution in [3.8, 4) is 0 Å². The van der Waals surface area contributed by atoms with Gasteiger partial charge in [-0.25, -0.2) is 9.97 Å². The first-order valence-corrected chi connectivity index (χ1v) is 6.80. The fourth-order valence-corrected chi connectivity index (χ4v) is 2.63. The summed E-state index contributed by atoms with van der Waals surface area (Å²) in [5, 5.41) is 1.52. The van der Waals surface area contributed by atoms with E-state index in [-0.39, 0.29) is 5.56 Å². The Labute approximate surface area is 113 Å². The molecular weight excluding hydrogens is 260 g/mol. The smallest absolute Gasteiger partial charge is 0.258 e. The lowest BCUT2D eigenvalue weighted by Gasteiger charge is -2.03. The van der Waals surface area contributed by atoms with E-state index >= 15 is 0 Å². The number of fused-ring (bicyclic) bond motifs is 1. The Kier molecular flexibility index (Phi) is 3.08. The van der Waals surface area contributed by atoms with Crippen molar-refractivity contribution in [2.75, 3.05) is 0 Å². The lowest BCUT2D eigenvalue weighted by atomic mass is 10.2. The molecule has 3 aromatic rings. The van der Waals surface area contributed by atoms with Crippen molar-refractivity contribution in [2.45, 2.75) is 10.9 Å². The Morgan fingerprint density at radius 2 is 2.21 bits per heavy atom. The molecule has 0 unspecified atom stereocenters. The standard InChI is InChI=1S/C13H12N4OS/c1-17-7-6-14-13(17)19-8-11-15-10-5-3-2-4-9(10)12(18)16-11/h2-7H,8H2,1H3,(H,15,16,18). The minimum absolute atomic E-state index is 0.0963. The predicted molar refractivity (Wildman–Crippen MR) is 75.1 cm³/mol. The monoisotopic (exact) mass is 272 g/mol. The quantitative estimate of drug-likeness (QED) is 0.740. The van der Waals surface area contributed by atoms with Crippen LogP contribution in [-0.4, -0.2) is 19.5 Å². The molecule has 0 aliphatic carbocycles. The number of thioether (sulfide) groups is 1. The van der Waals surface area contributed by atoms with Crippen molar-refractivity contribution in [3.63, 3.8) is 0 Å². The minimum Gasteiger partial charge on any atom is -0.329 e. The molecule has 5 nitrogen and oxygen atoms in total. The topological polar surface area (TPSA) is 63.6 Å². The molecule has 0 atom stereocenters. The summed E-state index contributed by atoms with van der Waals surface area (Å²) in [6, 6.07) is 7.34. The number of aromatic nitrogens is 4. The molecule has 1 aromatic carbocycles. The zero-order valence-corrected chi connectivity index (χ0v) is 11.1. The van der Waals surface area contributed by atoms with E-state index < -0.39 is 0 Å². The maximum Gasteiger partial charge on any atom is 0.258 e. The molecule has 0 fully saturated rings. The molecule has 0 amide bonds. The number of hydrogen-bond donors (Lipinski definition) is 1. The molecule has 0 saturated carbocycles. The fraction of sp³-hybridized carbons (Fsp3) is 0.154. The van der Waals surface area contributed by atoms with Crippen molar-refractivity contribution < 1.29 is 0 Å². The number of nitrogens with zero attached hydrogens (tertiary/aromatic N) is 3. The highest BCUT2D eigenvalue weighted by atomic mass is 32.2. The summed E-state index contributed by atoms with van der Waals surface area (Å²) >= 11 is 1.54. The first kappa shape index (κ1) is 12.0. The van der Waals surface area contributed by atoms with Crippen LogP contribution in [0.5, 0.6) is 0 Å². The predicted octanol–water partition coefficient (Wildman–Crippen LogP) is 1.95. The second-order valence-corrected chi connectivity index (χ2v) is 5.08. The summed E-state index contributed by atoms with van der Waals surface area (Å²) in [6.45, 7) is 0. The largest absolute Gasteiger partial charge is 0.329 e. The summed E-state index contributed by atoms with van der Waals surface area (Å²) in [5.41, 5.74) is 0.628. The Morgan fingerprint density at radius 1 is 1.37 bits per heavy atom. The van der Waals surface area contributed by atoms with Crippen molar-refractivity contribution in [1.82, 2.24) is 19.5 Å². The van der Waals surface area contributed by atoms with E-state index in [0.29, 0.717) is 17.0 Å². The van der Waals surface area contributed by atoms with Gasteiger partial charge in [0.1, 0.15) is 5.82 Å². The number of imidazole rings is 1. The molecule has 1 N–H and O–H groups in total. The third-order valence-electron chi connectivity index (χ3n) is 2.78. The number of hydrogen-bond acceptors (Lipinski definition) is 4. The second-order valence-electron chi connectivity index (χ2n) is 4.14. The number of nitrogens with one attached hydrogen (secondary N) is 1. The average molecular weight is 272 g/mol. The normalized spacial score (nSPS) is 11.0. The van der Waals surface area contributed by atoms with Crippen LogP contribution in [0.2, 0.25) is 0 Å². The van der Waals surface area contributed by atoms with Gasteiger partial charge in [0.25, 0.3) is 5.56 Å². The van der Waals surface area contributed by atoms with Gasteiger partial charge >= 0.3 is 0 Å².